The van der Waals surface area contributed by atoms with Gasteiger partial charge in [-0.05, 0) is 7.05 Å². The first-order chi connectivity index (χ1) is 7.42. The van der Waals surface area contributed by atoms with Gasteiger partial charge in [0.2, 0.25) is 0 Å². The summed E-state index contributed by atoms with van der Waals surface area (Å²) < 4.78 is 40.8. The Labute approximate surface area is 92.2 Å². The van der Waals surface area contributed by atoms with Crippen molar-refractivity contribution < 1.29 is 17.9 Å². The van der Waals surface area contributed by atoms with E-state index in [0.717, 1.165) is 6.54 Å². The fraction of sp³-hybridized carbons (Fsp3) is 0.889. The molecule has 0 amide bonds. The molecule has 1 saturated heterocycles. The Bertz CT molecular complexity index is 264. The van der Waals surface area contributed by atoms with Crippen molar-refractivity contribution in [3.05, 3.63) is 0 Å². The summed E-state index contributed by atoms with van der Waals surface area (Å²) in [7, 11) is 1.81. The highest BCUT2D eigenvalue weighted by Crippen LogP contribution is 2.18. The number of hydrogen-bond donors (Lipinski definition) is 0. The fourth-order valence-corrected chi connectivity index (χ4v) is 1.54. The van der Waals surface area contributed by atoms with E-state index in [4.69, 9.17) is 10.00 Å². The summed E-state index contributed by atoms with van der Waals surface area (Å²) in [5, 5.41) is 8.55. The summed E-state index contributed by atoms with van der Waals surface area (Å²) in [4.78, 5) is 3.50. The summed E-state index contributed by atoms with van der Waals surface area (Å²) in [6.07, 6.45) is -4.98. The summed E-state index contributed by atoms with van der Waals surface area (Å²) in [6.45, 7) is 0.488. The topological polar surface area (TPSA) is 39.5 Å². The van der Waals surface area contributed by atoms with Gasteiger partial charge in [-0.15, -0.1) is 0 Å². The number of alkyl halides is 3. The molecule has 0 spiro atoms. The van der Waals surface area contributed by atoms with Gasteiger partial charge in [0.15, 0.2) is 0 Å². The van der Waals surface area contributed by atoms with Crippen LogP contribution in [0, 0.1) is 11.3 Å². The Kier molecular flexibility index (Phi) is 4.53. The lowest BCUT2D eigenvalue weighted by molar-refractivity contribution is -0.209. The minimum Gasteiger partial charge on any atom is -0.352 e. The first-order valence-electron chi connectivity index (χ1n) is 4.90. The normalized spacial score (nSPS) is 24.3. The molecule has 7 heteroatoms. The van der Waals surface area contributed by atoms with Crippen LogP contribution < -0.4 is 0 Å². The first kappa shape index (κ1) is 13.2. The van der Waals surface area contributed by atoms with Gasteiger partial charge in [-0.2, -0.15) is 18.4 Å². The lowest BCUT2D eigenvalue weighted by Crippen LogP contribution is -2.53. The molecule has 1 aliphatic heterocycles. The smallest absolute Gasteiger partial charge is 0.352 e. The second-order valence-corrected chi connectivity index (χ2v) is 3.77. The third kappa shape index (κ3) is 4.35. The third-order valence-corrected chi connectivity index (χ3v) is 2.36. The van der Waals surface area contributed by atoms with E-state index < -0.39 is 19.0 Å². The number of rotatable bonds is 3. The highest BCUT2D eigenvalue weighted by Gasteiger charge is 2.32. The average molecular weight is 237 g/mol. The molecular weight excluding hydrogens is 223 g/mol. The summed E-state index contributed by atoms with van der Waals surface area (Å²) >= 11 is 0. The van der Waals surface area contributed by atoms with Gasteiger partial charge in [-0.3, -0.25) is 4.90 Å². The predicted octanol–water partition coefficient (Wildman–Crippen LogP) is 0.662. The molecule has 0 aromatic rings. The molecule has 1 fully saturated rings. The largest absolute Gasteiger partial charge is 0.411 e. The number of hydrogen-bond acceptors (Lipinski definition) is 4. The van der Waals surface area contributed by atoms with Gasteiger partial charge >= 0.3 is 6.18 Å². The van der Waals surface area contributed by atoms with Crippen molar-refractivity contribution in [3.63, 3.8) is 0 Å². The van der Waals surface area contributed by atoms with Crippen LogP contribution in [0.3, 0.4) is 0 Å². The minimum absolute atomic E-state index is 0.0936. The Morgan fingerprint density at radius 2 is 2.12 bits per heavy atom. The van der Waals surface area contributed by atoms with Crippen molar-refractivity contribution in [1.29, 1.82) is 5.26 Å². The van der Waals surface area contributed by atoms with Crippen LogP contribution in [0.1, 0.15) is 0 Å². The van der Waals surface area contributed by atoms with Crippen molar-refractivity contribution in [1.82, 2.24) is 9.80 Å². The Morgan fingerprint density at radius 3 is 2.69 bits per heavy atom. The molecule has 1 unspecified atom stereocenters. The number of nitriles is 1. The van der Waals surface area contributed by atoms with Crippen LogP contribution in [0.15, 0.2) is 0 Å². The van der Waals surface area contributed by atoms with Crippen molar-refractivity contribution in [3.8, 4) is 6.07 Å². The van der Waals surface area contributed by atoms with Gasteiger partial charge in [-0.1, -0.05) is 0 Å². The second kappa shape index (κ2) is 5.48. The van der Waals surface area contributed by atoms with E-state index >= 15 is 0 Å². The van der Waals surface area contributed by atoms with Crippen LogP contribution in [0.25, 0.3) is 0 Å². The summed E-state index contributed by atoms with van der Waals surface area (Å²) in [5.41, 5.74) is 0. The van der Waals surface area contributed by atoms with Crippen molar-refractivity contribution in [2.75, 3.05) is 39.8 Å². The monoisotopic (exact) mass is 237 g/mol. The second-order valence-electron chi connectivity index (χ2n) is 3.77. The van der Waals surface area contributed by atoms with Crippen LogP contribution in [0.4, 0.5) is 13.2 Å². The number of ether oxygens (including phenoxy) is 1. The number of piperazine rings is 1. The highest BCUT2D eigenvalue weighted by molar-refractivity contribution is 4.83. The fourth-order valence-electron chi connectivity index (χ4n) is 1.54. The molecule has 0 saturated carbocycles. The molecule has 1 aliphatic rings. The zero-order chi connectivity index (χ0) is 12.2. The molecule has 1 atom stereocenters. The molecular formula is C9H14F3N3O. The number of halogens is 3. The lowest BCUT2D eigenvalue weighted by atomic mass is 10.3. The predicted molar refractivity (Wildman–Crippen MR) is 50.5 cm³/mol. The quantitative estimate of drug-likeness (QED) is 0.676. The van der Waals surface area contributed by atoms with Crippen LogP contribution in [-0.4, -0.2) is 62.0 Å². The molecule has 1 heterocycles. The lowest BCUT2D eigenvalue weighted by Gasteiger charge is -2.38. The highest BCUT2D eigenvalue weighted by atomic mass is 19.4. The van der Waals surface area contributed by atoms with Gasteiger partial charge in [-0.25, -0.2) is 0 Å². The number of likely N-dealkylation sites (N-methyl/N-ethyl adjacent to an activating group) is 1. The van der Waals surface area contributed by atoms with E-state index in [1.165, 1.54) is 0 Å². The molecule has 16 heavy (non-hydrogen) atoms. The molecule has 0 aromatic carbocycles. The van der Waals surface area contributed by atoms with Crippen LogP contribution >= 0.6 is 0 Å². The van der Waals surface area contributed by atoms with E-state index in [-0.39, 0.29) is 6.54 Å². The Morgan fingerprint density at radius 1 is 1.44 bits per heavy atom. The summed E-state index contributed by atoms with van der Waals surface area (Å²) in [5.74, 6) is 0. The molecule has 0 N–H and O–H groups in total. The van der Waals surface area contributed by atoms with E-state index in [1.54, 1.807) is 4.90 Å². The zero-order valence-electron chi connectivity index (χ0n) is 9.00. The molecule has 0 radical (unpaired) electrons. The Hall–Kier alpha value is -0.840. The number of nitrogens with zero attached hydrogens (tertiary/aromatic N) is 3. The molecule has 0 aliphatic carbocycles. The minimum atomic E-state index is -4.33. The molecule has 0 aromatic heterocycles. The van der Waals surface area contributed by atoms with Crippen LogP contribution in [-0.2, 0) is 4.74 Å². The van der Waals surface area contributed by atoms with Gasteiger partial charge in [0.1, 0.15) is 12.8 Å². The van der Waals surface area contributed by atoms with Crippen LogP contribution in [0.2, 0.25) is 0 Å². The third-order valence-electron chi connectivity index (χ3n) is 2.36. The molecule has 92 valence electrons. The molecule has 1 rings (SSSR count). The van der Waals surface area contributed by atoms with Gasteiger partial charge in [0.05, 0.1) is 12.6 Å². The van der Waals surface area contributed by atoms with E-state index in [2.05, 4.69) is 0 Å². The summed E-state index contributed by atoms with van der Waals surface area (Å²) in [6, 6.07) is 1.93. The van der Waals surface area contributed by atoms with Crippen molar-refractivity contribution in [2.24, 2.45) is 0 Å². The van der Waals surface area contributed by atoms with Gasteiger partial charge in [0, 0.05) is 19.6 Å². The van der Waals surface area contributed by atoms with Gasteiger partial charge < -0.3 is 9.64 Å². The maximum atomic E-state index is 12.0. The van der Waals surface area contributed by atoms with E-state index in [9.17, 15) is 13.2 Å². The van der Waals surface area contributed by atoms with Crippen LogP contribution in [0.5, 0.6) is 0 Å². The van der Waals surface area contributed by atoms with Crippen molar-refractivity contribution >= 4 is 0 Å². The van der Waals surface area contributed by atoms with E-state index in [0.29, 0.717) is 13.1 Å². The molecule has 0 bridgehead atoms. The Balaban J connectivity index is 2.48. The van der Waals surface area contributed by atoms with E-state index in [1.807, 2.05) is 18.0 Å². The first-order valence-corrected chi connectivity index (χ1v) is 4.90. The van der Waals surface area contributed by atoms with Gasteiger partial charge in [0.25, 0.3) is 0 Å². The SMILES string of the molecule is CN1CCN(CC#N)C(OCC(F)(F)F)C1. The van der Waals surface area contributed by atoms with Crippen molar-refractivity contribution in [2.45, 2.75) is 12.4 Å². The zero-order valence-corrected chi connectivity index (χ0v) is 9.00. The maximum Gasteiger partial charge on any atom is 0.411 e. The maximum absolute atomic E-state index is 12.0. The molecule has 4 nitrogen and oxygen atoms in total. The standard InChI is InChI=1S/C9H14F3N3O/c1-14-4-5-15(3-2-13)8(6-14)16-7-9(10,11)12/h8H,3-7H2,1H3. The average Bonchev–Trinajstić information content (AvgIpc) is 2.17.